The van der Waals surface area contributed by atoms with Crippen LogP contribution in [0.4, 0.5) is 4.79 Å². The normalized spacial score (nSPS) is 19.6. The van der Waals surface area contributed by atoms with Crippen molar-refractivity contribution in [2.75, 3.05) is 26.7 Å². The van der Waals surface area contributed by atoms with Gasteiger partial charge in [0, 0.05) is 6.04 Å². The number of likely N-dealkylation sites (tertiary alicyclic amines) is 1. The second-order valence-electron chi connectivity index (χ2n) is 4.27. The summed E-state index contributed by atoms with van der Waals surface area (Å²) in [6.07, 6.45) is 1.70. The summed E-state index contributed by atoms with van der Waals surface area (Å²) in [5.74, 6) is -1.24. The predicted molar refractivity (Wildman–Crippen MR) is 60.7 cm³/mol. The summed E-state index contributed by atoms with van der Waals surface area (Å²) < 4.78 is 0. The van der Waals surface area contributed by atoms with Gasteiger partial charge < -0.3 is 25.7 Å². The summed E-state index contributed by atoms with van der Waals surface area (Å²) >= 11 is 0. The molecule has 0 aromatic heterocycles. The molecule has 0 saturated carbocycles. The maximum Gasteiger partial charge on any atom is 0.328 e. The molecular formula is C10H19N3O4. The quantitative estimate of drug-likeness (QED) is 0.499. The van der Waals surface area contributed by atoms with Crippen LogP contribution in [-0.4, -0.2) is 65.9 Å². The third-order valence-electron chi connectivity index (χ3n) is 2.84. The van der Waals surface area contributed by atoms with Crippen molar-refractivity contribution in [3.05, 3.63) is 0 Å². The van der Waals surface area contributed by atoms with Gasteiger partial charge in [0.1, 0.15) is 0 Å². The number of urea groups is 1. The van der Waals surface area contributed by atoms with E-state index < -0.39 is 24.6 Å². The number of aliphatic hydroxyl groups excluding tert-OH is 1. The second-order valence-corrected chi connectivity index (χ2v) is 4.27. The monoisotopic (exact) mass is 245 g/mol. The molecule has 0 bridgehead atoms. The highest BCUT2D eigenvalue weighted by Crippen LogP contribution is 2.07. The molecule has 1 atom stereocenters. The number of rotatable bonds is 4. The van der Waals surface area contributed by atoms with Crippen molar-refractivity contribution in [2.24, 2.45) is 0 Å². The van der Waals surface area contributed by atoms with Crippen LogP contribution < -0.4 is 10.6 Å². The number of hydrogen-bond acceptors (Lipinski definition) is 4. The van der Waals surface area contributed by atoms with Gasteiger partial charge in [-0.25, -0.2) is 9.59 Å². The highest BCUT2D eigenvalue weighted by molar-refractivity contribution is 5.82. The Morgan fingerprint density at radius 1 is 1.41 bits per heavy atom. The Bertz CT molecular complexity index is 277. The third-order valence-corrected chi connectivity index (χ3v) is 2.84. The largest absolute Gasteiger partial charge is 0.480 e. The van der Waals surface area contributed by atoms with E-state index in [9.17, 15) is 9.59 Å². The topological polar surface area (TPSA) is 102 Å². The SMILES string of the molecule is CN1CCC(NC(=O)N[C@H](CO)C(=O)O)CC1. The van der Waals surface area contributed by atoms with Crippen molar-refractivity contribution in [1.29, 1.82) is 0 Å². The van der Waals surface area contributed by atoms with Crippen LogP contribution in [0.1, 0.15) is 12.8 Å². The first-order chi connectivity index (χ1) is 8.02. The zero-order valence-electron chi connectivity index (χ0n) is 9.85. The fourth-order valence-electron chi connectivity index (χ4n) is 1.72. The van der Waals surface area contributed by atoms with E-state index >= 15 is 0 Å². The van der Waals surface area contributed by atoms with Gasteiger partial charge in [0.2, 0.25) is 0 Å². The van der Waals surface area contributed by atoms with Crippen LogP contribution in [0.25, 0.3) is 0 Å². The van der Waals surface area contributed by atoms with Crippen molar-refractivity contribution < 1.29 is 19.8 Å². The van der Waals surface area contributed by atoms with Gasteiger partial charge in [0.25, 0.3) is 0 Å². The summed E-state index contributed by atoms with van der Waals surface area (Å²) in [5.41, 5.74) is 0. The van der Waals surface area contributed by atoms with E-state index in [-0.39, 0.29) is 6.04 Å². The van der Waals surface area contributed by atoms with Crippen LogP contribution in [-0.2, 0) is 4.79 Å². The molecule has 1 saturated heterocycles. The van der Waals surface area contributed by atoms with Crippen LogP contribution in [0.2, 0.25) is 0 Å². The molecule has 1 heterocycles. The molecule has 0 aromatic carbocycles. The standard InChI is InChI=1S/C10H19N3O4/c1-13-4-2-7(3-5-13)11-10(17)12-8(6-14)9(15)16/h7-8,14H,2-6H2,1H3,(H,15,16)(H2,11,12,17)/t8-/m1/s1. The molecule has 0 aliphatic carbocycles. The highest BCUT2D eigenvalue weighted by atomic mass is 16.4. The fourth-order valence-corrected chi connectivity index (χ4v) is 1.72. The number of hydrogen-bond donors (Lipinski definition) is 4. The number of aliphatic carboxylic acids is 1. The first-order valence-corrected chi connectivity index (χ1v) is 5.62. The molecule has 2 amide bonds. The van der Waals surface area contributed by atoms with Gasteiger partial charge in [0.05, 0.1) is 6.61 Å². The maximum absolute atomic E-state index is 11.5. The molecule has 1 rings (SSSR count). The first-order valence-electron chi connectivity index (χ1n) is 5.62. The van der Waals surface area contributed by atoms with Gasteiger partial charge in [0.15, 0.2) is 6.04 Å². The molecular weight excluding hydrogens is 226 g/mol. The van der Waals surface area contributed by atoms with E-state index in [0.29, 0.717) is 0 Å². The van der Waals surface area contributed by atoms with Crippen molar-refractivity contribution in [3.63, 3.8) is 0 Å². The molecule has 7 nitrogen and oxygen atoms in total. The van der Waals surface area contributed by atoms with Crippen LogP contribution >= 0.6 is 0 Å². The first kappa shape index (κ1) is 13.7. The molecule has 0 unspecified atom stereocenters. The van der Waals surface area contributed by atoms with E-state index in [1.54, 1.807) is 0 Å². The Hall–Kier alpha value is -1.34. The van der Waals surface area contributed by atoms with E-state index in [2.05, 4.69) is 15.5 Å². The van der Waals surface area contributed by atoms with Gasteiger partial charge in [-0.3, -0.25) is 0 Å². The van der Waals surface area contributed by atoms with Gasteiger partial charge >= 0.3 is 12.0 Å². The van der Waals surface area contributed by atoms with Crippen molar-refractivity contribution in [1.82, 2.24) is 15.5 Å². The summed E-state index contributed by atoms with van der Waals surface area (Å²) in [5, 5.41) is 22.3. The highest BCUT2D eigenvalue weighted by Gasteiger charge is 2.22. The molecule has 0 spiro atoms. The number of nitrogens with zero attached hydrogens (tertiary/aromatic N) is 1. The second kappa shape index (κ2) is 6.41. The smallest absolute Gasteiger partial charge is 0.328 e. The fraction of sp³-hybridized carbons (Fsp3) is 0.800. The van der Waals surface area contributed by atoms with Gasteiger partial charge in [-0.15, -0.1) is 0 Å². The molecule has 98 valence electrons. The Morgan fingerprint density at radius 2 is 2.00 bits per heavy atom. The van der Waals surface area contributed by atoms with E-state index in [0.717, 1.165) is 25.9 Å². The van der Waals surface area contributed by atoms with Gasteiger partial charge in [-0.05, 0) is 33.0 Å². The molecule has 1 aliphatic rings. The average molecular weight is 245 g/mol. The van der Waals surface area contributed by atoms with Gasteiger partial charge in [-0.1, -0.05) is 0 Å². The molecule has 4 N–H and O–H groups in total. The van der Waals surface area contributed by atoms with Gasteiger partial charge in [-0.2, -0.15) is 0 Å². The summed E-state index contributed by atoms with van der Waals surface area (Å²) in [7, 11) is 2.02. The summed E-state index contributed by atoms with van der Waals surface area (Å²) in [4.78, 5) is 24.2. The predicted octanol–water partition coefficient (Wildman–Crippen LogP) is -1.17. The minimum Gasteiger partial charge on any atom is -0.480 e. The van der Waals surface area contributed by atoms with Crippen LogP contribution in [0, 0.1) is 0 Å². The minimum atomic E-state index is -1.25. The lowest BCUT2D eigenvalue weighted by Gasteiger charge is -2.29. The lowest BCUT2D eigenvalue weighted by molar-refractivity contribution is -0.140. The number of carboxylic acids is 1. The number of carbonyl (C=O) groups excluding carboxylic acids is 1. The Kier molecular flexibility index (Phi) is 5.17. The molecule has 0 radical (unpaired) electrons. The van der Waals surface area contributed by atoms with Crippen LogP contribution in [0.5, 0.6) is 0 Å². The molecule has 7 heteroatoms. The number of carbonyl (C=O) groups is 2. The van der Waals surface area contributed by atoms with Crippen LogP contribution in [0.15, 0.2) is 0 Å². The number of piperidine rings is 1. The van der Waals surface area contributed by atoms with E-state index in [1.807, 2.05) is 7.05 Å². The Labute approximate surface area is 99.8 Å². The number of amides is 2. The van der Waals surface area contributed by atoms with Crippen molar-refractivity contribution >= 4 is 12.0 Å². The Balaban J connectivity index is 2.31. The zero-order valence-corrected chi connectivity index (χ0v) is 9.85. The number of nitrogens with one attached hydrogen (secondary N) is 2. The maximum atomic E-state index is 11.5. The van der Waals surface area contributed by atoms with E-state index in [1.165, 1.54) is 0 Å². The molecule has 0 aromatic rings. The lowest BCUT2D eigenvalue weighted by Crippen LogP contribution is -2.52. The number of carboxylic acid groups (broad SMARTS) is 1. The third kappa shape index (κ3) is 4.58. The summed E-state index contributed by atoms with van der Waals surface area (Å²) in [6, 6.07) is -1.72. The Morgan fingerprint density at radius 3 is 2.47 bits per heavy atom. The van der Waals surface area contributed by atoms with Crippen LogP contribution in [0.3, 0.4) is 0 Å². The number of aliphatic hydroxyl groups is 1. The molecule has 1 fully saturated rings. The molecule has 17 heavy (non-hydrogen) atoms. The zero-order chi connectivity index (χ0) is 12.8. The van der Waals surface area contributed by atoms with E-state index in [4.69, 9.17) is 10.2 Å². The summed E-state index contributed by atoms with van der Waals surface area (Å²) in [6.45, 7) is 1.21. The average Bonchev–Trinajstić information content (AvgIpc) is 2.28. The van der Waals surface area contributed by atoms with Crippen molar-refractivity contribution in [3.8, 4) is 0 Å². The lowest BCUT2D eigenvalue weighted by atomic mass is 10.1. The molecule has 1 aliphatic heterocycles. The minimum absolute atomic E-state index is 0.0688. The van der Waals surface area contributed by atoms with Crippen molar-refractivity contribution in [2.45, 2.75) is 24.9 Å².